The number of benzene rings is 1. The highest BCUT2D eigenvalue weighted by Crippen LogP contribution is 2.33. The smallest absolute Gasteiger partial charge is 0.260 e. The first-order valence-corrected chi connectivity index (χ1v) is 8.37. The van der Waals surface area contributed by atoms with E-state index < -0.39 is 6.41 Å². The van der Waals surface area contributed by atoms with Gasteiger partial charge in [-0.2, -0.15) is 0 Å². The van der Waals surface area contributed by atoms with Gasteiger partial charge in [0.1, 0.15) is 5.82 Å². The van der Waals surface area contributed by atoms with Crippen LogP contribution in [0.2, 0.25) is 0 Å². The molecule has 3 heterocycles. The van der Waals surface area contributed by atoms with Crippen molar-refractivity contribution < 1.29 is 18.7 Å². The van der Waals surface area contributed by atoms with Crippen LogP contribution in [0.5, 0.6) is 0 Å². The third-order valence-electron chi connectivity index (χ3n) is 4.62. The predicted molar refractivity (Wildman–Crippen MR) is 89.4 cm³/mol. The largest absolute Gasteiger partial charge is 0.333 e. The minimum atomic E-state index is -0.655. The summed E-state index contributed by atoms with van der Waals surface area (Å²) in [7, 11) is 0. The number of halogens is 1. The highest BCUT2D eigenvalue weighted by atomic mass is 19.1. The van der Waals surface area contributed by atoms with Gasteiger partial charge >= 0.3 is 0 Å². The van der Waals surface area contributed by atoms with Crippen LogP contribution >= 0.6 is 0 Å². The van der Waals surface area contributed by atoms with E-state index in [0.717, 1.165) is 16.8 Å². The van der Waals surface area contributed by atoms with E-state index in [1.54, 1.807) is 17.0 Å². The Morgan fingerprint density at radius 1 is 1.20 bits per heavy atom. The Balaban J connectivity index is 1.83. The van der Waals surface area contributed by atoms with Crippen molar-refractivity contribution in [3.63, 3.8) is 0 Å². The number of amides is 1. The van der Waals surface area contributed by atoms with Gasteiger partial charge in [-0.15, -0.1) is 0 Å². The molecule has 1 amide bonds. The summed E-state index contributed by atoms with van der Waals surface area (Å²) in [5.74, 6) is -0.480. The molecule has 1 aromatic carbocycles. The molecule has 6 heteroatoms. The molecule has 1 aromatic heterocycles. The van der Waals surface area contributed by atoms with Crippen LogP contribution in [0.25, 0.3) is 11.3 Å². The SMILES string of the molecule is Cc1cc2c(c(-c3ccc(F)cc3)n1)C(=O)N(C1OCCO1)C(C)C2. The first-order chi connectivity index (χ1) is 12.0. The number of fused-ring (bicyclic) bond motifs is 1. The van der Waals surface area contributed by atoms with Gasteiger partial charge in [0.05, 0.1) is 24.5 Å². The number of nitrogens with zero attached hydrogens (tertiary/aromatic N) is 2. The Morgan fingerprint density at radius 2 is 1.88 bits per heavy atom. The van der Waals surface area contributed by atoms with Gasteiger partial charge in [-0.3, -0.25) is 14.7 Å². The van der Waals surface area contributed by atoms with Crippen molar-refractivity contribution in [3.05, 3.63) is 53.0 Å². The summed E-state index contributed by atoms with van der Waals surface area (Å²) in [6.07, 6.45) is 0.0417. The monoisotopic (exact) mass is 342 g/mol. The molecule has 0 bridgehead atoms. The molecule has 1 fully saturated rings. The molecule has 0 aliphatic carbocycles. The first-order valence-electron chi connectivity index (χ1n) is 8.37. The van der Waals surface area contributed by atoms with E-state index in [1.165, 1.54) is 12.1 Å². The van der Waals surface area contributed by atoms with Gasteiger partial charge in [0, 0.05) is 17.3 Å². The molecule has 5 nitrogen and oxygen atoms in total. The number of hydrogen-bond donors (Lipinski definition) is 0. The molecule has 1 atom stereocenters. The van der Waals surface area contributed by atoms with Crippen LogP contribution in [-0.2, 0) is 15.9 Å². The fraction of sp³-hybridized carbons (Fsp3) is 0.368. The van der Waals surface area contributed by atoms with Crippen molar-refractivity contribution in [3.8, 4) is 11.3 Å². The van der Waals surface area contributed by atoms with Crippen molar-refractivity contribution in [2.45, 2.75) is 32.7 Å². The molecule has 2 aliphatic heterocycles. The van der Waals surface area contributed by atoms with Crippen LogP contribution in [0.3, 0.4) is 0 Å². The number of ether oxygens (including phenoxy) is 2. The summed E-state index contributed by atoms with van der Waals surface area (Å²) < 4.78 is 24.4. The standard InChI is InChI=1S/C19H19FN2O3/c1-11-9-14-10-12(2)22(19-24-7-8-25-19)18(23)16(14)17(21-11)13-3-5-15(20)6-4-13/h3-6,9,12,19H,7-8,10H2,1-2H3. The van der Waals surface area contributed by atoms with Crippen LogP contribution in [0.15, 0.2) is 30.3 Å². The lowest BCUT2D eigenvalue weighted by molar-refractivity contribution is -0.146. The molecule has 0 spiro atoms. The second kappa shape index (κ2) is 6.20. The van der Waals surface area contributed by atoms with E-state index in [4.69, 9.17) is 9.47 Å². The lowest BCUT2D eigenvalue weighted by atomic mass is 9.90. The van der Waals surface area contributed by atoms with Gasteiger partial charge in [-0.1, -0.05) is 0 Å². The lowest BCUT2D eigenvalue weighted by Crippen LogP contribution is -2.50. The number of pyridine rings is 1. The van der Waals surface area contributed by atoms with Gasteiger partial charge in [-0.05, 0) is 56.2 Å². The zero-order valence-corrected chi connectivity index (χ0v) is 14.2. The maximum absolute atomic E-state index is 13.3. The van der Waals surface area contributed by atoms with Gasteiger partial charge in [0.2, 0.25) is 6.41 Å². The minimum absolute atomic E-state index is 0.0361. The average molecular weight is 342 g/mol. The van der Waals surface area contributed by atoms with Crippen molar-refractivity contribution in [2.24, 2.45) is 0 Å². The molecule has 1 unspecified atom stereocenters. The van der Waals surface area contributed by atoms with E-state index in [2.05, 4.69) is 4.98 Å². The van der Waals surface area contributed by atoms with Crippen LogP contribution < -0.4 is 0 Å². The highest BCUT2D eigenvalue weighted by molar-refractivity contribution is 6.02. The zero-order chi connectivity index (χ0) is 17.6. The average Bonchev–Trinajstić information content (AvgIpc) is 3.08. The van der Waals surface area contributed by atoms with E-state index in [9.17, 15) is 9.18 Å². The third kappa shape index (κ3) is 2.81. The summed E-state index contributed by atoms with van der Waals surface area (Å²) in [6, 6.07) is 7.96. The molecule has 0 radical (unpaired) electrons. The topological polar surface area (TPSA) is 51.7 Å². The maximum atomic E-state index is 13.3. The number of aryl methyl sites for hydroxylation is 1. The predicted octanol–water partition coefficient (Wildman–Crippen LogP) is 2.91. The molecule has 4 rings (SSSR count). The van der Waals surface area contributed by atoms with Gasteiger partial charge < -0.3 is 9.47 Å². The van der Waals surface area contributed by atoms with Crippen molar-refractivity contribution in [2.75, 3.05) is 13.2 Å². The summed E-state index contributed by atoms with van der Waals surface area (Å²) in [5.41, 5.74) is 3.64. The van der Waals surface area contributed by atoms with Gasteiger partial charge in [0.15, 0.2) is 0 Å². The zero-order valence-electron chi connectivity index (χ0n) is 14.2. The van der Waals surface area contributed by atoms with E-state index in [0.29, 0.717) is 30.9 Å². The molecule has 1 saturated heterocycles. The summed E-state index contributed by atoms with van der Waals surface area (Å²) in [6.45, 7) is 4.84. The molecular formula is C19H19FN2O3. The minimum Gasteiger partial charge on any atom is -0.333 e. The fourth-order valence-electron chi connectivity index (χ4n) is 3.51. The molecule has 130 valence electrons. The number of carbonyl (C=O) groups is 1. The first kappa shape index (κ1) is 16.2. The molecule has 0 saturated carbocycles. The Bertz CT molecular complexity index is 816. The Labute approximate surface area is 145 Å². The number of aromatic nitrogens is 1. The lowest BCUT2D eigenvalue weighted by Gasteiger charge is -2.37. The second-order valence-electron chi connectivity index (χ2n) is 6.47. The number of hydrogen-bond acceptors (Lipinski definition) is 4. The molecule has 0 N–H and O–H groups in total. The quantitative estimate of drug-likeness (QED) is 0.842. The summed E-state index contributed by atoms with van der Waals surface area (Å²) in [5, 5.41) is 0. The Hall–Kier alpha value is -2.31. The van der Waals surface area contributed by atoms with Crippen LogP contribution in [0.1, 0.15) is 28.5 Å². The highest BCUT2D eigenvalue weighted by Gasteiger charge is 2.39. The molecule has 25 heavy (non-hydrogen) atoms. The molecule has 2 aliphatic rings. The third-order valence-corrected chi connectivity index (χ3v) is 4.62. The summed E-state index contributed by atoms with van der Waals surface area (Å²) in [4.78, 5) is 19.4. The van der Waals surface area contributed by atoms with Crippen LogP contribution in [0.4, 0.5) is 4.39 Å². The molecular weight excluding hydrogens is 323 g/mol. The van der Waals surface area contributed by atoms with E-state index in [-0.39, 0.29) is 17.8 Å². The fourth-order valence-corrected chi connectivity index (χ4v) is 3.51. The van der Waals surface area contributed by atoms with Crippen molar-refractivity contribution in [1.82, 2.24) is 9.88 Å². The number of carbonyl (C=O) groups excluding carboxylic acids is 1. The van der Waals surface area contributed by atoms with Crippen LogP contribution in [0, 0.1) is 12.7 Å². The van der Waals surface area contributed by atoms with Crippen LogP contribution in [-0.4, -0.2) is 41.5 Å². The van der Waals surface area contributed by atoms with E-state index >= 15 is 0 Å². The van der Waals surface area contributed by atoms with Gasteiger partial charge in [0.25, 0.3) is 5.91 Å². The number of rotatable bonds is 2. The maximum Gasteiger partial charge on any atom is 0.260 e. The van der Waals surface area contributed by atoms with Crippen molar-refractivity contribution in [1.29, 1.82) is 0 Å². The van der Waals surface area contributed by atoms with Crippen molar-refractivity contribution >= 4 is 5.91 Å². The summed E-state index contributed by atoms with van der Waals surface area (Å²) >= 11 is 0. The second-order valence-corrected chi connectivity index (χ2v) is 6.47. The molecule has 2 aromatic rings. The normalized spacial score (nSPS) is 20.8. The Morgan fingerprint density at radius 3 is 2.56 bits per heavy atom. The van der Waals surface area contributed by atoms with Gasteiger partial charge in [-0.25, -0.2) is 4.39 Å². The van der Waals surface area contributed by atoms with E-state index in [1.807, 2.05) is 19.9 Å². The Kier molecular flexibility index (Phi) is 4.01.